The summed E-state index contributed by atoms with van der Waals surface area (Å²) in [6.45, 7) is 4.05. The van der Waals surface area contributed by atoms with Gasteiger partial charge in [0.2, 0.25) is 5.75 Å². The summed E-state index contributed by atoms with van der Waals surface area (Å²) in [5, 5.41) is 3.37. The molecule has 0 spiro atoms. The Labute approximate surface area is 168 Å². The molecule has 6 nitrogen and oxygen atoms in total. The zero-order valence-electron chi connectivity index (χ0n) is 16.5. The van der Waals surface area contributed by atoms with Crippen LogP contribution in [0.2, 0.25) is 0 Å². The Morgan fingerprint density at radius 3 is 2.32 bits per heavy atom. The molecular formula is C21H22N2O4S. The standard InChI is InChI=1S/C21H22N2O4S/c1-12-7-6-8-15(13(12)2)22-21-23-20(24)18(28-21)11-14-9-16(25-3)19(27-5)17(10-14)26-4/h6-11H,1-5H3,(H,22,23,24)/b18-11-. The van der Waals surface area contributed by atoms with Crippen molar-refractivity contribution in [3.63, 3.8) is 0 Å². The van der Waals surface area contributed by atoms with Crippen LogP contribution in [0.25, 0.3) is 6.08 Å². The first-order valence-corrected chi connectivity index (χ1v) is 9.44. The zero-order chi connectivity index (χ0) is 20.3. The summed E-state index contributed by atoms with van der Waals surface area (Å²) in [7, 11) is 4.66. The Balaban J connectivity index is 1.93. The Morgan fingerprint density at radius 2 is 1.71 bits per heavy atom. The molecule has 1 saturated heterocycles. The summed E-state index contributed by atoms with van der Waals surface area (Å²) in [4.78, 5) is 17.5. The molecule has 1 amide bonds. The lowest BCUT2D eigenvalue weighted by molar-refractivity contribution is -0.115. The summed E-state index contributed by atoms with van der Waals surface area (Å²) in [5.74, 6) is 1.37. The van der Waals surface area contributed by atoms with E-state index in [1.165, 1.54) is 11.8 Å². The highest BCUT2D eigenvalue weighted by Gasteiger charge is 2.24. The summed E-state index contributed by atoms with van der Waals surface area (Å²) in [5.41, 5.74) is 3.85. The van der Waals surface area contributed by atoms with E-state index in [-0.39, 0.29) is 5.91 Å². The Hall–Kier alpha value is -2.93. The van der Waals surface area contributed by atoms with Gasteiger partial charge in [-0.25, -0.2) is 4.99 Å². The lowest BCUT2D eigenvalue weighted by atomic mass is 10.1. The fourth-order valence-corrected chi connectivity index (χ4v) is 3.62. The number of aliphatic imine (C=N–C) groups is 1. The predicted octanol–water partition coefficient (Wildman–Crippen LogP) is 4.22. The van der Waals surface area contributed by atoms with E-state index in [4.69, 9.17) is 14.2 Å². The van der Waals surface area contributed by atoms with Crippen LogP contribution >= 0.6 is 11.8 Å². The molecule has 2 aromatic rings. The number of ether oxygens (including phenoxy) is 3. The van der Waals surface area contributed by atoms with Crippen LogP contribution in [0.1, 0.15) is 16.7 Å². The molecule has 1 N–H and O–H groups in total. The number of carbonyl (C=O) groups is 1. The van der Waals surface area contributed by atoms with Gasteiger partial charge in [-0.1, -0.05) is 12.1 Å². The second-order valence-electron chi connectivity index (χ2n) is 6.16. The summed E-state index contributed by atoms with van der Waals surface area (Å²) >= 11 is 1.30. The molecule has 2 aromatic carbocycles. The molecule has 0 radical (unpaired) electrons. The molecule has 1 aliphatic heterocycles. The van der Waals surface area contributed by atoms with E-state index < -0.39 is 0 Å². The number of carbonyl (C=O) groups excluding carboxylic acids is 1. The molecule has 28 heavy (non-hydrogen) atoms. The summed E-state index contributed by atoms with van der Waals surface area (Å²) < 4.78 is 16.1. The van der Waals surface area contributed by atoms with Crippen molar-refractivity contribution in [2.24, 2.45) is 4.99 Å². The van der Waals surface area contributed by atoms with Gasteiger partial charge < -0.3 is 19.5 Å². The van der Waals surface area contributed by atoms with Crippen LogP contribution in [-0.4, -0.2) is 32.4 Å². The van der Waals surface area contributed by atoms with Crippen LogP contribution < -0.4 is 19.5 Å². The van der Waals surface area contributed by atoms with Crippen LogP contribution in [0, 0.1) is 13.8 Å². The van der Waals surface area contributed by atoms with E-state index in [9.17, 15) is 4.79 Å². The number of hydrogen-bond donors (Lipinski definition) is 1. The van der Waals surface area contributed by atoms with E-state index in [1.807, 2.05) is 32.0 Å². The fourth-order valence-electron chi connectivity index (χ4n) is 2.78. The predicted molar refractivity (Wildman–Crippen MR) is 113 cm³/mol. The number of nitrogens with zero attached hydrogens (tertiary/aromatic N) is 1. The Morgan fingerprint density at radius 1 is 1.04 bits per heavy atom. The van der Waals surface area contributed by atoms with E-state index in [2.05, 4.69) is 10.3 Å². The minimum absolute atomic E-state index is 0.192. The molecule has 1 fully saturated rings. The van der Waals surface area contributed by atoms with E-state index in [0.29, 0.717) is 27.3 Å². The summed E-state index contributed by atoms with van der Waals surface area (Å²) in [6.07, 6.45) is 1.77. The third kappa shape index (κ3) is 3.99. The van der Waals surface area contributed by atoms with Gasteiger partial charge in [0.25, 0.3) is 5.91 Å². The van der Waals surface area contributed by atoms with Gasteiger partial charge in [-0.3, -0.25) is 4.79 Å². The lowest BCUT2D eigenvalue weighted by Crippen LogP contribution is -2.19. The fraction of sp³-hybridized carbons (Fsp3) is 0.238. The van der Waals surface area contributed by atoms with E-state index in [1.54, 1.807) is 39.5 Å². The molecule has 0 saturated carbocycles. The number of amidine groups is 1. The first-order chi connectivity index (χ1) is 13.5. The van der Waals surface area contributed by atoms with Crippen molar-refractivity contribution < 1.29 is 19.0 Å². The van der Waals surface area contributed by atoms with Crippen molar-refractivity contribution >= 4 is 34.6 Å². The van der Waals surface area contributed by atoms with Crippen LogP contribution in [0.3, 0.4) is 0 Å². The Bertz CT molecular complexity index is 957. The largest absolute Gasteiger partial charge is 0.493 e. The zero-order valence-corrected chi connectivity index (χ0v) is 17.3. The number of thioether (sulfide) groups is 1. The molecule has 0 bridgehead atoms. The van der Waals surface area contributed by atoms with Gasteiger partial charge in [0.05, 0.1) is 31.9 Å². The van der Waals surface area contributed by atoms with Crippen molar-refractivity contribution in [1.82, 2.24) is 5.32 Å². The molecule has 7 heteroatoms. The first-order valence-electron chi connectivity index (χ1n) is 8.62. The van der Waals surface area contributed by atoms with Gasteiger partial charge in [0.15, 0.2) is 16.7 Å². The van der Waals surface area contributed by atoms with Crippen LogP contribution in [0.5, 0.6) is 17.2 Å². The first kappa shape index (κ1) is 19.8. The molecule has 0 atom stereocenters. The minimum atomic E-state index is -0.192. The second kappa shape index (κ2) is 8.39. The number of aryl methyl sites for hydroxylation is 1. The number of benzene rings is 2. The average molecular weight is 398 g/mol. The number of amides is 1. The maximum atomic E-state index is 12.4. The topological polar surface area (TPSA) is 69.2 Å². The lowest BCUT2D eigenvalue weighted by Gasteiger charge is -2.12. The van der Waals surface area contributed by atoms with Gasteiger partial charge in [0.1, 0.15) is 0 Å². The highest BCUT2D eigenvalue weighted by molar-refractivity contribution is 8.18. The van der Waals surface area contributed by atoms with Gasteiger partial charge in [-0.2, -0.15) is 0 Å². The van der Waals surface area contributed by atoms with Gasteiger partial charge in [-0.05, 0) is 66.6 Å². The van der Waals surface area contributed by atoms with Crippen molar-refractivity contribution in [2.45, 2.75) is 13.8 Å². The van der Waals surface area contributed by atoms with Gasteiger partial charge in [-0.15, -0.1) is 0 Å². The highest BCUT2D eigenvalue weighted by Crippen LogP contribution is 2.39. The third-order valence-corrected chi connectivity index (χ3v) is 5.34. The monoisotopic (exact) mass is 398 g/mol. The van der Waals surface area contributed by atoms with Crippen molar-refractivity contribution in [3.05, 3.63) is 51.9 Å². The number of nitrogens with one attached hydrogen (secondary N) is 1. The van der Waals surface area contributed by atoms with E-state index >= 15 is 0 Å². The minimum Gasteiger partial charge on any atom is -0.493 e. The average Bonchev–Trinajstić information content (AvgIpc) is 3.03. The molecule has 3 rings (SSSR count). The van der Waals surface area contributed by atoms with Gasteiger partial charge in [0, 0.05) is 0 Å². The quantitative estimate of drug-likeness (QED) is 0.764. The van der Waals surface area contributed by atoms with Crippen molar-refractivity contribution in [3.8, 4) is 17.2 Å². The summed E-state index contributed by atoms with van der Waals surface area (Å²) in [6, 6.07) is 9.51. The highest BCUT2D eigenvalue weighted by atomic mass is 32.2. The molecule has 1 aliphatic rings. The molecule has 146 valence electrons. The number of hydrogen-bond acceptors (Lipinski definition) is 6. The Kier molecular flexibility index (Phi) is 5.94. The third-order valence-electron chi connectivity index (χ3n) is 4.43. The number of rotatable bonds is 5. The van der Waals surface area contributed by atoms with Gasteiger partial charge >= 0.3 is 0 Å². The smallest absolute Gasteiger partial charge is 0.264 e. The molecule has 0 aliphatic carbocycles. The van der Waals surface area contributed by atoms with Crippen LogP contribution in [-0.2, 0) is 4.79 Å². The second-order valence-corrected chi connectivity index (χ2v) is 7.19. The number of methoxy groups -OCH3 is 3. The molecule has 0 aromatic heterocycles. The van der Waals surface area contributed by atoms with Crippen molar-refractivity contribution in [1.29, 1.82) is 0 Å². The molecule has 1 heterocycles. The van der Waals surface area contributed by atoms with Crippen molar-refractivity contribution in [2.75, 3.05) is 21.3 Å². The normalized spacial score (nSPS) is 16.4. The molecule has 0 unspecified atom stereocenters. The SMILES string of the molecule is COc1cc(/C=C2\SC(=Nc3cccc(C)c3C)NC2=O)cc(OC)c1OC. The maximum Gasteiger partial charge on any atom is 0.264 e. The molecular weight excluding hydrogens is 376 g/mol. The van der Waals surface area contributed by atoms with E-state index in [0.717, 1.165) is 22.4 Å². The van der Waals surface area contributed by atoms with Crippen LogP contribution in [0.4, 0.5) is 5.69 Å². The maximum absolute atomic E-state index is 12.4. The van der Waals surface area contributed by atoms with Crippen LogP contribution in [0.15, 0.2) is 40.2 Å².